The Morgan fingerprint density at radius 1 is 1.32 bits per heavy atom. The first-order valence-corrected chi connectivity index (χ1v) is 13.7. The predicted octanol–water partition coefficient (Wildman–Crippen LogP) is 2.54. The molecule has 2 heterocycles. The molecule has 0 spiro atoms. The summed E-state index contributed by atoms with van der Waals surface area (Å²) in [5.74, 6) is 0. The number of hydrogen-bond donors (Lipinski definition) is 0. The molecule has 19 heavy (non-hydrogen) atoms. The Morgan fingerprint density at radius 3 is 2.26 bits per heavy atom. The van der Waals surface area contributed by atoms with Gasteiger partial charge in [0, 0.05) is 21.0 Å². The summed E-state index contributed by atoms with van der Waals surface area (Å²) < 4.78 is 1.77. The molecule has 0 aromatic carbocycles. The molecule has 4 nitrogen and oxygen atoms in total. The van der Waals surface area contributed by atoms with Gasteiger partial charge in [-0.15, -0.1) is 0 Å². The van der Waals surface area contributed by atoms with E-state index in [1.54, 1.807) is 18.2 Å². The second-order valence-corrected chi connectivity index (χ2v) is 8.86. The van der Waals surface area contributed by atoms with Crippen LogP contribution in [0.25, 0.3) is 0 Å². The molecule has 0 saturated carbocycles. The molecule has 1 fully saturated rings. The van der Waals surface area contributed by atoms with E-state index < -0.39 is 18.9 Å². The second-order valence-electron chi connectivity index (χ2n) is 3.66. The van der Waals surface area contributed by atoms with Crippen LogP contribution in [0.2, 0.25) is 0 Å². The molecule has 2 rings (SSSR count). The topological polar surface area (TPSA) is 40.2 Å². The Kier molecular flexibility index (Phi) is 12.8. The van der Waals surface area contributed by atoms with Crippen LogP contribution < -0.4 is 0 Å². The van der Waals surface area contributed by atoms with Gasteiger partial charge in [0.25, 0.3) is 0 Å². The summed E-state index contributed by atoms with van der Waals surface area (Å²) in [5.41, 5.74) is 0. The van der Waals surface area contributed by atoms with Crippen molar-refractivity contribution in [1.82, 2.24) is 0 Å². The van der Waals surface area contributed by atoms with Crippen LogP contribution in [0.5, 0.6) is 0 Å². The van der Waals surface area contributed by atoms with Gasteiger partial charge >= 0.3 is 36.7 Å². The van der Waals surface area contributed by atoms with Crippen LogP contribution in [0, 0.1) is 9.81 Å². The van der Waals surface area contributed by atoms with Crippen molar-refractivity contribution in [3.8, 4) is 0 Å². The zero-order valence-corrected chi connectivity index (χ0v) is 16.1. The van der Waals surface area contributed by atoms with Gasteiger partial charge in [0.1, 0.15) is 5.03 Å². The number of hydrogen-bond acceptors (Lipinski definition) is 4. The van der Waals surface area contributed by atoms with Crippen LogP contribution in [-0.2, 0) is 25.3 Å². The van der Waals surface area contributed by atoms with Gasteiger partial charge in [0.15, 0.2) is 6.54 Å². The monoisotopic (exact) mass is 448 g/mol. The molecule has 9 heteroatoms. The van der Waals surface area contributed by atoms with Gasteiger partial charge < -0.3 is 25.3 Å². The van der Waals surface area contributed by atoms with Crippen LogP contribution in [0.3, 0.4) is 0 Å². The first-order chi connectivity index (χ1) is 9.02. The van der Waals surface area contributed by atoms with Gasteiger partial charge in [-0.3, -0.25) is 0 Å². The Bertz CT molecular complexity index is 367. The fourth-order valence-corrected chi connectivity index (χ4v) is 1.78. The van der Waals surface area contributed by atoms with Crippen molar-refractivity contribution in [1.29, 1.82) is 0 Å². The van der Waals surface area contributed by atoms with E-state index in [2.05, 4.69) is 12.6 Å². The minimum absolute atomic E-state index is 0.135. The summed E-state index contributed by atoms with van der Waals surface area (Å²) >= 11 is 8.63. The quantitative estimate of drug-likeness (QED) is 0.325. The molecule has 0 N–H and O–H groups in total. The molecule has 0 aromatic rings. The molecule has 2 aliphatic heterocycles. The minimum atomic E-state index is -0.826. The van der Waals surface area contributed by atoms with E-state index in [9.17, 15) is 9.81 Å². The summed E-state index contributed by atoms with van der Waals surface area (Å²) in [6, 6.07) is 0. The van der Waals surface area contributed by atoms with Gasteiger partial charge in [0.05, 0.1) is 5.37 Å². The van der Waals surface area contributed by atoms with E-state index in [-0.39, 0.29) is 5.37 Å². The van der Waals surface area contributed by atoms with Gasteiger partial charge in [-0.25, -0.2) is 0 Å². The van der Waals surface area contributed by atoms with E-state index in [0.29, 0.717) is 18.1 Å². The van der Waals surface area contributed by atoms with E-state index in [1.807, 2.05) is 0 Å². The molecule has 1 saturated heterocycles. The zero-order valence-electron chi connectivity index (χ0n) is 10.1. The third-order valence-electron chi connectivity index (χ3n) is 2.29. The van der Waals surface area contributed by atoms with Crippen LogP contribution in [0.15, 0.2) is 23.3 Å². The van der Waals surface area contributed by atoms with E-state index in [1.165, 1.54) is 0 Å². The fourth-order valence-electron chi connectivity index (χ4n) is 1.35. The van der Waals surface area contributed by atoms with Crippen LogP contribution in [-0.4, -0.2) is 46.9 Å². The second kappa shape index (κ2) is 12.4. The number of allylic oxidation sites excluding steroid dienone is 2. The van der Waals surface area contributed by atoms with Crippen molar-refractivity contribution >= 4 is 62.0 Å². The summed E-state index contributed by atoms with van der Waals surface area (Å²) in [5, 5.41) is 0.233. The summed E-state index contributed by atoms with van der Waals surface area (Å²) in [6.07, 6.45) is 8.23. The van der Waals surface area contributed by atoms with Crippen molar-refractivity contribution in [3.63, 3.8) is 0 Å². The molecule has 2 aliphatic rings. The Balaban J connectivity index is 0.000000284. The van der Waals surface area contributed by atoms with Gasteiger partial charge in [-0.05, 0) is 29.8 Å². The third kappa shape index (κ3) is 10.1. The number of nitrogens with zero attached hydrogens (tertiary/aromatic N) is 2. The maximum atomic E-state index is 10.6. The molecular weight excluding hydrogens is 434 g/mol. The third-order valence-corrected chi connectivity index (χ3v) is 3.10. The Morgan fingerprint density at radius 2 is 1.95 bits per heavy atom. The normalized spacial score (nSPS) is 21.2. The standard InChI is InChI=1S/C5H9NOS.C5H5NOS.2ClH.Sn/c2*7-6-4-2-1-3-5(6)8;;;/h5H,1-4H2;1-3H,4H2;2*1H;/q;;;;+4/p-2. The maximum absolute atomic E-state index is 10.6. The predicted molar refractivity (Wildman–Crippen MR) is 84.0 cm³/mol. The van der Waals surface area contributed by atoms with Crippen molar-refractivity contribution < 1.29 is 9.52 Å². The van der Waals surface area contributed by atoms with Crippen molar-refractivity contribution in [3.05, 3.63) is 33.1 Å². The molecule has 0 aromatic heterocycles. The first-order valence-electron chi connectivity index (χ1n) is 5.57. The Labute approximate surface area is 141 Å². The molecule has 1 atom stereocenters. The summed E-state index contributed by atoms with van der Waals surface area (Å²) in [4.78, 5) is 21.1. The van der Waals surface area contributed by atoms with Crippen molar-refractivity contribution in [2.75, 3.05) is 13.1 Å². The first kappa shape index (κ1) is 19.6. The molecule has 0 amide bonds. The van der Waals surface area contributed by atoms with Crippen LogP contribution >= 0.6 is 17.8 Å². The number of rotatable bonds is 0. The molecule has 1 unspecified atom stereocenters. The SMILES string of the molecule is O=[N+]1CC=CC=C1[S-].O=[N+]1CCCCC1[S-].[Cl][Sn+2][Cl]. The number of nitroso groups, excluding NO2 is 2. The van der Waals surface area contributed by atoms with Gasteiger partial charge in [0.2, 0.25) is 6.54 Å². The average molecular weight is 448 g/mol. The molecule has 0 aliphatic carbocycles. The molecule has 104 valence electrons. The van der Waals surface area contributed by atoms with E-state index >= 15 is 0 Å². The van der Waals surface area contributed by atoms with Crippen LogP contribution in [0.1, 0.15) is 19.3 Å². The van der Waals surface area contributed by atoms with E-state index in [4.69, 9.17) is 30.5 Å². The molecular formula is C10H14Cl2N2O2S2Sn+2. The average Bonchev–Trinajstić information content (AvgIpc) is 2.38. The number of halogens is 2. The molecule has 0 radical (unpaired) electrons. The zero-order chi connectivity index (χ0) is 14.7. The molecule has 0 bridgehead atoms. The summed E-state index contributed by atoms with van der Waals surface area (Å²) in [7, 11) is 9.87. The van der Waals surface area contributed by atoms with Crippen LogP contribution in [0.4, 0.5) is 0 Å². The van der Waals surface area contributed by atoms with Crippen molar-refractivity contribution in [2.24, 2.45) is 0 Å². The van der Waals surface area contributed by atoms with E-state index in [0.717, 1.165) is 28.8 Å². The van der Waals surface area contributed by atoms with Crippen molar-refractivity contribution in [2.45, 2.75) is 24.6 Å². The van der Waals surface area contributed by atoms with Gasteiger partial charge in [-0.2, -0.15) is 0 Å². The fraction of sp³-hybridized carbons (Fsp3) is 0.600. The number of piperidine rings is 1. The Hall–Kier alpha value is 0.629. The van der Waals surface area contributed by atoms with Gasteiger partial charge in [-0.1, -0.05) is 6.08 Å². The summed E-state index contributed by atoms with van der Waals surface area (Å²) in [6.45, 7) is 1.05.